The summed E-state index contributed by atoms with van der Waals surface area (Å²) in [5, 5.41) is 36.8. The van der Waals surface area contributed by atoms with E-state index in [-0.39, 0.29) is 47.7 Å². The molecule has 0 aliphatic carbocycles. The van der Waals surface area contributed by atoms with E-state index in [1.807, 2.05) is 0 Å². The van der Waals surface area contributed by atoms with Crippen molar-refractivity contribution in [3.05, 3.63) is 12.7 Å². The van der Waals surface area contributed by atoms with Crippen LogP contribution in [0.4, 0.5) is 5.82 Å². The first kappa shape index (κ1) is 59.8. The van der Waals surface area contributed by atoms with Crippen LogP contribution in [-0.2, 0) is 50.7 Å². The first-order valence-corrected chi connectivity index (χ1v) is 28.2. The molecule has 2 aromatic heterocycles. The number of aliphatic hydroxyl groups is 3. The lowest BCUT2D eigenvalue weighted by Crippen LogP contribution is -2.46. The summed E-state index contributed by atoms with van der Waals surface area (Å²) in [5.74, 6) is -1.07. The summed E-state index contributed by atoms with van der Waals surface area (Å²) in [7, 11) is -16.4. The molecule has 1 aliphatic heterocycles. The molecule has 2 amide bonds. The van der Waals surface area contributed by atoms with E-state index in [1.165, 1.54) is 46.0 Å². The highest BCUT2D eigenvalue weighted by Gasteiger charge is 2.50. The molecule has 1 fully saturated rings. The number of nitrogens with zero attached hydrogens (tertiary/aromatic N) is 4. The maximum absolute atomic E-state index is 12.7. The van der Waals surface area contributed by atoms with Gasteiger partial charge in [-0.25, -0.2) is 28.6 Å². The van der Waals surface area contributed by atoms with Gasteiger partial charge in [0.2, 0.25) is 11.8 Å². The maximum atomic E-state index is 12.7. The summed E-state index contributed by atoms with van der Waals surface area (Å²) in [4.78, 5) is 88.4. The average molecular weight is 1050 g/mol. The number of aliphatic hydroxyl groups excluding tert-OH is 3. The van der Waals surface area contributed by atoms with Crippen LogP contribution >= 0.6 is 35.2 Å². The molecule has 25 nitrogen and oxygen atoms in total. The molecule has 29 heteroatoms. The molecule has 3 rings (SSSR count). The Hall–Kier alpha value is -2.48. The maximum Gasteiger partial charge on any atom is 0.481 e. The number of hydrogen-bond acceptors (Lipinski definition) is 19. The van der Waals surface area contributed by atoms with Gasteiger partial charge >= 0.3 is 23.5 Å². The molecule has 11 N–H and O–H groups in total. The monoisotopic (exact) mass is 1050 g/mol. The molecule has 0 spiro atoms. The lowest BCUT2D eigenvalue weighted by atomic mass is 9.87. The largest absolute Gasteiger partial charge is 0.481 e. The van der Waals surface area contributed by atoms with Gasteiger partial charge in [-0.2, -0.15) is 4.31 Å². The number of fused-ring (bicyclic) bond motifs is 1. The number of nitrogen functional groups attached to an aromatic ring is 1. The molecule has 8 unspecified atom stereocenters. The van der Waals surface area contributed by atoms with Crippen LogP contribution in [0.3, 0.4) is 0 Å². The van der Waals surface area contributed by atoms with Crippen molar-refractivity contribution in [2.45, 2.75) is 160 Å². The second-order valence-corrected chi connectivity index (χ2v) is 22.5. The molecule has 1 aliphatic rings. The van der Waals surface area contributed by atoms with Gasteiger partial charge in [0.25, 0.3) is 0 Å². The van der Waals surface area contributed by atoms with E-state index >= 15 is 0 Å². The zero-order valence-corrected chi connectivity index (χ0v) is 42.2. The third-order valence-electron chi connectivity index (χ3n) is 10.8. The lowest BCUT2D eigenvalue weighted by Gasteiger charge is -2.30. The van der Waals surface area contributed by atoms with E-state index in [2.05, 4.69) is 41.3 Å². The fourth-order valence-corrected chi connectivity index (χ4v) is 10.6. The Morgan fingerprint density at radius 2 is 1.49 bits per heavy atom. The van der Waals surface area contributed by atoms with Crippen molar-refractivity contribution in [3.63, 3.8) is 0 Å². The van der Waals surface area contributed by atoms with Crippen LogP contribution in [0, 0.1) is 5.41 Å². The molecule has 2 aromatic rings. The van der Waals surface area contributed by atoms with Crippen LogP contribution in [0.1, 0.15) is 130 Å². The molecule has 0 radical (unpaired) electrons. The van der Waals surface area contributed by atoms with Crippen molar-refractivity contribution >= 4 is 69.1 Å². The predicted octanol–water partition coefficient (Wildman–Crippen LogP) is 3.90. The Morgan fingerprint density at radius 3 is 2.13 bits per heavy atom. The van der Waals surface area contributed by atoms with Gasteiger partial charge in [-0.3, -0.25) is 32.5 Å². The van der Waals surface area contributed by atoms with Gasteiger partial charge in [0.1, 0.15) is 36.3 Å². The van der Waals surface area contributed by atoms with Crippen LogP contribution in [0.15, 0.2) is 12.7 Å². The molecule has 3 heterocycles. The molecule has 0 bridgehead atoms. The first-order valence-electron chi connectivity index (χ1n) is 22.7. The normalized spacial score (nSPS) is 20.4. The Balaban J connectivity index is 1.30. The van der Waals surface area contributed by atoms with Crippen LogP contribution in [-0.4, -0.2) is 134 Å². The SMILES string of the molecule is CCCCCCCCC(O)CCCCCCCCC(=O)SCCNC(=O)CCNC(=O)C(O)C(C)(C)COP(=O)(O)OP(=O)(O)OCC1OC(n2cnc3c(N)ncnc32)C(O)C1OP(=O)(O)O. The Kier molecular flexibility index (Phi) is 25.6. The number of unbranched alkanes of at least 4 members (excludes halogenated alkanes) is 10. The predicted molar refractivity (Wildman–Crippen MR) is 248 cm³/mol. The molecule has 0 aromatic carbocycles. The number of nitrogens with two attached hydrogens (primary N) is 1. The van der Waals surface area contributed by atoms with E-state index in [1.54, 1.807) is 0 Å². The number of carbonyl (C=O) groups is 3. The van der Waals surface area contributed by atoms with Crippen molar-refractivity contribution in [1.82, 2.24) is 30.2 Å². The van der Waals surface area contributed by atoms with Gasteiger partial charge in [0.05, 0.1) is 25.6 Å². The van der Waals surface area contributed by atoms with Crippen molar-refractivity contribution in [2.75, 3.05) is 37.8 Å². The lowest BCUT2D eigenvalue weighted by molar-refractivity contribution is -0.137. The van der Waals surface area contributed by atoms with E-state index in [0.717, 1.165) is 86.8 Å². The van der Waals surface area contributed by atoms with Gasteiger partial charge in [-0.15, -0.1) is 0 Å². The summed E-state index contributed by atoms with van der Waals surface area (Å²) in [6.07, 6.45) is 8.28. The molecule has 1 saturated heterocycles. The summed E-state index contributed by atoms with van der Waals surface area (Å²) >= 11 is 1.13. The molecule has 0 saturated carbocycles. The van der Waals surface area contributed by atoms with Crippen molar-refractivity contribution < 1.29 is 85.6 Å². The average Bonchev–Trinajstić information content (AvgIpc) is 3.82. The Labute approximate surface area is 399 Å². The number of thioether (sulfide) groups is 1. The van der Waals surface area contributed by atoms with E-state index in [9.17, 15) is 63.0 Å². The number of ether oxygens (including phenoxy) is 1. The smallest absolute Gasteiger partial charge is 0.393 e. The first-order chi connectivity index (χ1) is 31.9. The van der Waals surface area contributed by atoms with Gasteiger partial charge in [0.15, 0.2) is 22.8 Å². The van der Waals surface area contributed by atoms with Crippen LogP contribution in [0.25, 0.3) is 11.2 Å². The van der Waals surface area contributed by atoms with Crippen molar-refractivity contribution in [2.24, 2.45) is 5.41 Å². The minimum atomic E-state index is -5.58. The van der Waals surface area contributed by atoms with E-state index < -0.39 is 84.6 Å². The second-order valence-electron chi connectivity index (χ2n) is 17.2. The number of phosphoric ester groups is 3. The molecular weight excluding hydrogens is 979 g/mol. The summed E-state index contributed by atoms with van der Waals surface area (Å²) in [6, 6.07) is 0. The zero-order valence-electron chi connectivity index (χ0n) is 38.7. The number of hydrogen-bond donors (Lipinski definition) is 10. The van der Waals surface area contributed by atoms with Gasteiger partial charge in [0, 0.05) is 37.1 Å². The molecule has 8 atom stereocenters. The topological polar surface area (TPSA) is 384 Å². The van der Waals surface area contributed by atoms with Crippen LogP contribution < -0.4 is 16.4 Å². The summed E-state index contributed by atoms with van der Waals surface area (Å²) in [5.41, 5.74) is 4.27. The number of rotatable bonds is 35. The highest BCUT2D eigenvalue weighted by atomic mass is 32.2. The number of phosphoric acid groups is 3. The van der Waals surface area contributed by atoms with Gasteiger partial charge in [-0.05, 0) is 19.3 Å². The quantitative estimate of drug-likeness (QED) is 0.0346. The molecule has 390 valence electrons. The number of carbonyl (C=O) groups excluding carboxylic acids is 3. The zero-order chi connectivity index (χ0) is 50.5. The Bertz CT molecular complexity index is 2030. The van der Waals surface area contributed by atoms with Crippen molar-refractivity contribution in [1.29, 1.82) is 0 Å². The standard InChI is InChI=1S/C39H70N7O18P3S/c1-4-5-6-7-10-13-16-27(47)17-14-11-8-9-12-15-18-30(49)68-22-21-41-29(48)19-20-42-37(52)34(51)39(2,3)24-61-67(58,59)64-66(56,57)60-23-28-33(63-65(53,54)55)32(50)38(62-28)46-26-45-31-35(40)43-25-44-36(31)46/h25-28,32-34,38,47,50-51H,4-24H2,1-3H3,(H,41,48)(H,42,52)(H,56,57)(H,58,59)(H2,40,43,44)(H2,53,54,55). The highest BCUT2D eigenvalue weighted by Crippen LogP contribution is 2.61. The Morgan fingerprint density at radius 1 is 0.868 bits per heavy atom. The molecular formula is C39H70N7O18P3S. The number of amides is 2. The van der Waals surface area contributed by atoms with Crippen molar-refractivity contribution in [3.8, 4) is 0 Å². The van der Waals surface area contributed by atoms with Gasteiger partial charge in [-0.1, -0.05) is 103 Å². The van der Waals surface area contributed by atoms with Crippen LogP contribution in [0.2, 0.25) is 0 Å². The number of nitrogens with one attached hydrogen (secondary N) is 2. The van der Waals surface area contributed by atoms with Gasteiger partial charge < -0.3 is 56.0 Å². The van der Waals surface area contributed by atoms with E-state index in [0.29, 0.717) is 12.2 Å². The number of aromatic nitrogens is 4. The fraction of sp³-hybridized carbons (Fsp3) is 0.795. The van der Waals surface area contributed by atoms with E-state index in [4.69, 9.17) is 19.5 Å². The minimum absolute atomic E-state index is 0.0304. The summed E-state index contributed by atoms with van der Waals surface area (Å²) in [6.45, 7) is 2.72. The fourth-order valence-electron chi connectivity index (χ4n) is 7.03. The van der Waals surface area contributed by atoms with Crippen LogP contribution in [0.5, 0.6) is 0 Å². The third kappa shape index (κ3) is 21.9. The minimum Gasteiger partial charge on any atom is -0.393 e. The number of imidazole rings is 1. The molecule has 68 heavy (non-hydrogen) atoms. The summed E-state index contributed by atoms with van der Waals surface area (Å²) < 4.78 is 62.4. The third-order valence-corrected chi connectivity index (χ3v) is 14.9. The second kappa shape index (κ2) is 29.1. The highest BCUT2D eigenvalue weighted by molar-refractivity contribution is 8.13. The number of anilines is 1.